The van der Waals surface area contributed by atoms with Gasteiger partial charge in [0.15, 0.2) is 0 Å². The van der Waals surface area contributed by atoms with E-state index in [0.717, 1.165) is 113 Å². The minimum Gasteiger partial charge on any atom is -0.456 e. The second kappa shape index (κ2) is 30.1. The van der Waals surface area contributed by atoms with Gasteiger partial charge in [0.2, 0.25) is 0 Å². The van der Waals surface area contributed by atoms with Crippen molar-refractivity contribution < 1.29 is 9.47 Å². The van der Waals surface area contributed by atoms with Crippen LogP contribution in [0.5, 0.6) is 23.0 Å². The molecule has 2 heterocycles. The van der Waals surface area contributed by atoms with Crippen LogP contribution in [0, 0.1) is 0 Å². The highest BCUT2D eigenvalue weighted by atomic mass is 28.3. The zero-order valence-electron chi connectivity index (χ0n) is 72.4. The number of hydrogen-bond acceptors (Lipinski definition) is 6. The number of benzene rings is 21. The molecule has 24 rings (SSSR count). The molecule has 0 spiro atoms. The number of para-hydroxylation sites is 4. The highest BCUT2D eigenvalue weighted by Crippen LogP contribution is 2.58. The zero-order chi connectivity index (χ0) is 85.6. The molecule has 0 aromatic heterocycles. The van der Waals surface area contributed by atoms with Gasteiger partial charge in [-0.1, -0.05) is 306 Å². The maximum Gasteiger partial charge on any atom is 0.137 e. The molecule has 0 atom stereocenters. The Morgan fingerprint density at radius 1 is 0.197 bits per heavy atom. The van der Waals surface area contributed by atoms with Gasteiger partial charge in [-0.2, -0.15) is 0 Å². The van der Waals surface area contributed by atoms with Crippen LogP contribution in [0.15, 0.2) is 413 Å². The molecule has 0 N–H and O–H groups in total. The third-order valence-corrected chi connectivity index (χ3v) is 30.8. The summed E-state index contributed by atoms with van der Waals surface area (Å²) in [4.78, 5) is 9.55. The molecule has 6 nitrogen and oxygen atoms in total. The lowest BCUT2D eigenvalue weighted by Gasteiger charge is -2.30. The molecule has 0 bridgehead atoms. The Hall–Kier alpha value is -15.1. The molecule has 0 radical (unpaired) electrons. The fourth-order valence-corrected chi connectivity index (χ4v) is 22.7. The van der Waals surface area contributed by atoms with Crippen molar-refractivity contribution in [1.82, 2.24) is 0 Å². The summed E-state index contributed by atoms with van der Waals surface area (Å²) in [5.41, 5.74) is 23.1. The maximum absolute atomic E-state index is 6.99. The van der Waals surface area contributed by atoms with Crippen molar-refractivity contribution in [2.75, 3.05) is 19.6 Å². The molecule has 0 saturated carbocycles. The molecule has 127 heavy (non-hydrogen) atoms. The molecule has 21 aromatic carbocycles. The zero-order valence-corrected chi connectivity index (χ0v) is 74.4. The number of fused-ring (bicyclic) bond motifs is 18. The Kier molecular flexibility index (Phi) is 18.2. The molecule has 2 aliphatic heterocycles. The van der Waals surface area contributed by atoms with E-state index in [-0.39, 0.29) is 5.41 Å². The van der Waals surface area contributed by atoms with Crippen molar-refractivity contribution in [3.63, 3.8) is 0 Å². The molecule has 8 heteroatoms. The van der Waals surface area contributed by atoms with Crippen LogP contribution in [0.25, 0.3) is 120 Å². The molecule has 1 aliphatic carbocycles. The number of ether oxygens (including phenoxy) is 2. The van der Waals surface area contributed by atoms with Crippen LogP contribution in [0.1, 0.15) is 25.0 Å². The summed E-state index contributed by atoms with van der Waals surface area (Å²) < 4.78 is 14.0. The molecule has 0 saturated heterocycles. The second-order valence-corrected chi connectivity index (χ2v) is 46.9. The summed E-state index contributed by atoms with van der Waals surface area (Å²) >= 11 is 0. The predicted octanol–water partition coefficient (Wildman–Crippen LogP) is 33.4. The minimum absolute atomic E-state index is 0.123. The third-order valence-electron chi connectivity index (χ3n) is 26.7. The first kappa shape index (κ1) is 76.8. The van der Waals surface area contributed by atoms with E-state index in [4.69, 9.17) is 9.47 Å². The standard InChI is InChI=1S/C60H48N2OSi.C59H44N2OSi/c1-60(2)54-25-15-14-22-46(54)47-33-29-42(35-55(47)60)62(40-19-10-7-11-20-40)56-38-52-50-24-16-26-57-59(50)53(37-51(52)45-21-12-13-23-48(45)56)49-34-30-43(36-58(49)63-57)61(39-17-8-6-9-18-39)41-27-31-44(32-28-41)64(3,4)5;1-63(2,3)46-31-27-43(28-32-46)60(41-16-6-4-7-17-41)45-30-34-51-55-37-53-49-21-12-13-22-50(49)56(38-54(53)52-23-14-24-57(59(52)55)62-58(51)36-45)61(42-18-8-5-9-19-42)44-29-33-48-40(35-44)26-25-39-15-10-11-20-47(39)48/h6-38H,1-5H3;4-38H,1-3H3. The summed E-state index contributed by atoms with van der Waals surface area (Å²) in [6.45, 7) is 19.1. The normalized spacial score (nSPS) is 12.8. The third kappa shape index (κ3) is 13.0. The Bertz CT molecular complexity index is 8010. The fourth-order valence-electron chi connectivity index (χ4n) is 20.4. The predicted molar refractivity (Wildman–Crippen MR) is 546 cm³/mol. The largest absolute Gasteiger partial charge is 0.456 e. The van der Waals surface area contributed by atoms with Crippen LogP contribution >= 0.6 is 0 Å². The van der Waals surface area contributed by atoms with Gasteiger partial charge in [0.1, 0.15) is 23.0 Å². The average Bonchev–Trinajstić information content (AvgIpc) is 1.25. The van der Waals surface area contributed by atoms with Crippen molar-refractivity contribution in [1.29, 1.82) is 0 Å². The number of anilines is 12. The lowest BCUT2D eigenvalue weighted by Crippen LogP contribution is -2.37. The smallest absolute Gasteiger partial charge is 0.137 e. The molecule has 0 unspecified atom stereocenters. The number of hydrogen-bond donors (Lipinski definition) is 0. The van der Waals surface area contributed by atoms with Gasteiger partial charge in [-0.15, -0.1) is 0 Å². The van der Waals surface area contributed by atoms with Gasteiger partial charge in [0, 0.05) is 107 Å². The minimum atomic E-state index is -1.46. The number of nitrogens with zero attached hydrogens (tertiary/aromatic N) is 4. The van der Waals surface area contributed by atoms with Gasteiger partial charge < -0.3 is 29.1 Å². The van der Waals surface area contributed by atoms with Crippen LogP contribution in [0.2, 0.25) is 39.3 Å². The van der Waals surface area contributed by atoms with Crippen molar-refractivity contribution in [2.45, 2.75) is 58.5 Å². The van der Waals surface area contributed by atoms with Gasteiger partial charge in [-0.3, -0.25) is 0 Å². The highest BCUT2D eigenvalue weighted by molar-refractivity contribution is 6.89. The van der Waals surface area contributed by atoms with Crippen LogP contribution < -0.4 is 39.4 Å². The molecule has 608 valence electrons. The number of rotatable bonds is 14. The van der Waals surface area contributed by atoms with E-state index in [2.05, 4.69) is 485 Å². The van der Waals surface area contributed by atoms with Crippen LogP contribution in [-0.2, 0) is 5.41 Å². The Balaban J connectivity index is 0.000000146. The Morgan fingerprint density at radius 3 is 1.01 bits per heavy atom. The summed E-state index contributed by atoms with van der Waals surface area (Å²) in [5.74, 6) is 3.46. The van der Waals surface area contributed by atoms with Gasteiger partial charge in [-0.05, 0) is 256 Å². The van der Waals surface area contributed by atoms with Gasteiger partial charge in [0.25, 0.3) is 0 Å². The van der Waals surface area contributed by atoms with Crippen molar-refractivity contribution in [3.05, 3.63) is 424 Å². The summed E-state index contributed by atoms with van der Waals surface area (Å²) in [6.07, 6.45) is 0. The average molecular weight is 1670 g/mol. The van der Waals surface area contributed by atoms with E-state index < -0.39 is 16.1 Å². The molecule has 3 aliphatic rings. The lowest BCUT2D eigenvalue weighted by molar-refractivity contribution is 0.487. The summed E-state index contributed by atoms with van der Waals surface area (Å²) in [5, 5.41) is 22.2. The molecule has 0 fully saturated rings. The van der Waals surface area contributed by atoms with E-state index in [0.29, 0.717) is 0 Å². The van der Waals surface area contributed by atoms with E-state index in [1.807, 2.05) is 0 Å². The van der Waals surface area contributed by atoms with Crippen LogP contribution in [0.4, 0.5) is 68.2 Å². The fraction of sp³-hybridized carbons (Fsp3) is 0.0756. The van der Waals surface area contributed by atoms with Crippen molar-refractivity contribution in [3.8, 4) is 56.4 Å². The van der Waals surface area contributed by atoms with Gasteiger partial charge in [-0.25, -0.2) is 0 Å². The van der Waals surface area contributed by atoms with E-state index in [1.54, 1.807) is 0 Å². The van der Waals surface area contributed by atoms with Gasteiger partial charge in [0.05, 0.1) is 27.5 Å². The first-order chi connectivity index (χ1) is 62.0. The lowest BCUT2D eigenvalue weighted by atomic mass is 9.82. The Morgan fingerprint density at radius 2 is 0.535 bits per heavy atom. The van der Waals surface area contributed by atoms with Gasteiger partial charge >= 0.3 is 0 Å². The second-order valence-electron chi connectivity index (χ2n) is 36.7. The molecule has 21 aromatic rings. The first-order valence-electron chi connectivity index (χ1n) is 44.3. The van der Waals surface area contributed by atoms with E-state index in [1.165, 1.54) is 119 Å². The highest BCUT2D eigenvalue weighted by Gasteiger charge is 2.37. The molecule has 0 amide bonds. The molecular weight excluding hydrogens is 1570 g/mol. The quantitative estimate of drug-likeness (QED) is 0.0797. The van der Waals surface area contributed by atoms with E-state index >= 15 is 0 Å². The van der Waals surface area contributed by atoms with Crippen LogP contribution in [0.3, 0.4) is 0 Å². The maximum atomic E-state index is 6.99. The Labute approximate surface area is 743 Å². The topological polar surface area (TPSA) is 31.4 Å². The summed E-state index contributed by atoms with van der Waals surface area (Å²) in [7, 11) is -2.92. The monoisotopic (exact) mass is 1660 g/mol. The summed E-state index contributed by atoms with van der Waals surface area (Å²) in [6, 6.07) is 151. The van der Waals surface area contributed by atoms with Crippen molar-refractivity contribution in [2.24, 2.45) is 0 Å². The van der Waals surface area contributed by atoms with Crippen molar-refractivity contribution >= 4 is 181 Å². The molecular formula is C119H92N4O2Si2. The first-order valence-corrected chi connectivity index (χ1v) is 51.3. The van der Waals surface area contributed by atoms with E-state index in [9.17, 15) is 0 Å². The van der Waals surface area contributed by atoms with Crippen LogP contribution in [-0.4, -0.2) is 16.1 Å². The SMILES string of the molecule is CC1(C)c2ccccc2-c2ccc(N(c3ccccc3)c3cc4c5cccc6c5c(cc4c4ccccc34)-c3ccc(N(c4ccccc4)c4ccc([Si](C)(C)C)cc4)cc3O6)cc21.C[Si](C)(C)c1ccc(N(c2ccccc2)c2ccc3c(c2)Oc2cccc4c2c-3cc2c3ccccc3c(N(c3ccccc3)c3ccc5c(ccc6ccccc65)c3)cc42)cc1.